The van der Waals surface area contributed by atoms with E-state index in [9.17, 15) is 5.11 Å². The van der Waals surface area contributed by atoms with Gasteiger partial charge in [-0.05, 0) is 44.7 Å². The fourth-order valence-corrected chi connectivity index (χ4v) is 2.98. The lowest BCUT2D eigenvalue weighted by molar-refractivity contribution is 0.199. The summed E-state index contributed by atoms with van der Waals surface area (Å²) in [6, 6.07) is 8.21. The van der Waals surface area contributed by atoms with E-state index in [0.29, 0.717) is 11.6 Å². The van der Waals surface area contributed by atoms with Crippen LogP contribution >= 0.6 is 0 Å². The Bertz CT molecular complexity index is 490. The molecule has 3 heteroatoms. The summed E-state index contributed by atoms with van der Waals surface area (Å²) in [5.41, 5.74) is 2.60. The zero-order chi connectivity index (χ0) is 14.0. The molecule has 3 atom stereocenters. The fourth-order valence-electron chi connectivity index (χ4n) is 2.98. The van der Waals surface area contributed by atoms with Crippen molar-refractivity contribution in [1.29, 1.82) is 5.26 Å². The molecule has 3 nitrogen and oxygen atoms in total. The van der Waals surface area contributed by atoms with Crippen molar-refractivity contribution in [2.24, 2.45) is 5.92 Å². The number of aliphatic hydroxyl groups excluding tert-OH is 1. The van der Waals surface area contributed by atoms with Gasteiger partial charge in [-0.2, -0.15) is 5.26 Å². The molecule has 0 aliphatic carbocycles. The molecule has 0 bridgehead atoms. The normalized spacial score (nSPS) is 24.9. The fraction of sp³-hybridized carbons (Fsp3) is 0.562. The molecule has 19 heavy (non-hydrogen) atoms. The summed E-state index contributed by atoms with van der Waals surface area (Å²) in [4.78, 5) is 2.34. The van der Waals surface area contributed by atoms with Gasteiger partial charge in [-0.25, -0.2) is 0 Å². The molecule has 0 spiro atoms. The Morgan fingerprint density at radius 2 is 2.16 bits per heavy atom. The second-order valence-corrected chi connectivity index (χ2v) is 5.73. The van der Waals surface area contributed by atoms with Gasteiger partial charge in [0, 0.05) is 23.8 Å². The highest BCUT2D eigenvalue weighted by Crippen LogP contribution is 2.33. The summed E-state index contributed by atoms with van der Waals surface area (Å²) in [5.74, 6) is 0.750. The smallest absolute Gasteiger partial charge is 0.0992 e. The minimum atomic E-state index is -0.505. The number of rotatable bonds is 2. The maximum Gasteiger partial charge on any atom is 0.0992 e. The average Bonchev–Trinajstić information content (AvgIpc) is 2.38. The first-order valence-electron chi connectivity index (χ1n) is 7.01. The third-order valence-electron chi connectivity index (χ3n) is 4.06. The van der Waals surface area contributed by atoms with Crippen molar-refractivity contribution < 1.29 is 5.11 Å². The van der Waals surface area contributed by atoms with E-state index in [-0.39, 0.29) is 0 Å². The first-order chi connectivity index (χ1) is 9.02. The molecule has 2 rings (SSSR count). The number of aliphatic hydroxyl groups is 1. The maximum atomic E-state index is 9.93. The highest BCUT2D eigenvalue weighted by molar-refractivity contribution is 5.59. The summed E-state index contributed by atoms with van der Waals surface area (Å²) >= 11 is 0. The third kappa shape index (κ3) is 2.90. The molecule has 1 aromatic rings. The van der Waals surface area contributed by atoms with Gasteiger partial charge in [-0.3, -0.25) is 0 Å². The van der Waals surface area contributed by atoms with Crippen molar-refractivity contribution in [1.82, 2.24) is 0 Å². The summed E-state index contributed by atoms with van der Waals surface area (Å²) < 4.78 is 0. The van der Waals surface area contributed by atoms with Crippen LogP contribution in [0.1, 0.15) is 50.8 Å². The molecule has 0 saturated carbocycles. The van der Waals surface area contributed by atoms with Crippen molar-refractivity contribution in [2.75, 3.05) is 11.4 Å². The van der Waals surface area contributed by atoms with Crippen LogP contribution in [0, 0.1) is 17.2 Å². The van der Waals surface area contributed by atoms with Gasteiger partial charge in [0.1, 0.15) is 0 Å². The van der Waals surface area contributed by atoms with E-state index in [1.54, 1.807) is 13.0 Å². The van der Waals surface area contributed by atoms with E-state index in [1.807, 2.05) is 12.1 Å². The average molecular weight is 258 g/mol. The van der Waals surface area contributed by atoms with Crippen molar-refractivity contribution in [3.63, 3.8) is 0 Å². The second kappa shape index (κ2) is 5.63. The van der Waals surface area contributed by atoms with Crippen molar-refractivity contribution in [3.8, 4) is 6.07 Å². The van der Waals surface area contributed by atoms with Crippen LogP contribution in [0.3, 0.4) is 0 Å². The summed E-state index contributed by atoms with van der Waals surface area (Å²) in [6.07, 6.45) is 1.82. The molecule has 1 N–H and O–H groups in total. The van der Waals surface area contributed by atoms with E-state index in [0.717, 1.165) is 30.1 Å². The standard InChI is InChI=1S/C16H22N2O/c1-11-6-7-18(12(2)8-11)16-9-14(10-17)4-5-15(16)13(3)19/h4-5,9,11-13,19H,6-8H2,1-3H3/t11?,12?,13-/m1/s1. The quantitative estimate of drug-likeness (QED) is 0.886. The first-order valence-corrected chi connectivity index (χ1v) is 7.01. The lowest BCUT2D eigenvalue weighted by Crippen LogP contribution is -2.40. The van der Waals surface area contributed by atoms with E-state index < -0.39 is 6.10 Å². The molecule has 1 aromatic carbocycles. The van der Waals surface area contributed by atoms with Gasteiger partial charge in [0.25, 0.3) is 0 Å². The Balaban J connectivity index is 2.39. The van der Waals surface area contributed by atoms with Crippen LogP contribution < -0.4 is 4.90 Å². The zero-order valence-corrected chi connectivity index (χ0v) is 11.9. The Hall–Kier alpha value is -1.53. The van der Waals surface area contributed by atoms with Gasteiger partial charge in [0.2, 0.25) is 0 Å². The molecule has 1 fully saturated rings. The lowest BCUT2D eigenvalue weighted by atomic mass is 9.91. The topological polar surface area (TPSA) is 47.3 Å². The molecular weight excluding hydrogens is 236 g/mol. The van der Waals surface area contributed by atoms with E-state index in [4.69, 9.17) is 5.26 Å². The summed E-state index contributed by atoms with van der Waals surface area (Å²) in [6.45, 7) is 7.29. The van der Waals surface area contributed by atoms with Gasteiger partial charge in [0.05, 0.1) is 17.7 Å². The number of hydrogen-bond acceptors (Lipinski definition) is 3. The minimum absolute atomic E-state index is 0.454. The van der Waals surface area contributed by atoms with E-state index in [2.05, 4.69) is 24.8 Å². The Morgan fingerprint density at radius 3 is 2.74 bits per heavy atom. The van der Waals surface area contributed by atoms with Gasteiger partial charge in [-0.15, -0.1) is 0 Å². The Labute approximate surface area is 115 Å². The van der Waals surface area contributed by atoms with E-state index >= 15 is 0 Å². The number of nitriles is 1. The molecule has 102 valence electrons. The summed E-state index contributed by atoms with van der Waals surface area (Å²) in [5, 5.41) is 19.0. The molecule has 1 saturated heterocycles. The number of benzene rings is 1. The van der Waals surface area contributed by atoms with Gasteiger partial charge < -0.3 is 10.0 Å². The summed E-state index contributed by atoms with van der Waals surface area (Å²) in [7, 11) is 0. The van der Waals surface area contributed by atoms with Crippen LogP contribution in [0.5, 0.6) is 0 Å². The largest absolute Gasteiger partial charge is 0.389 e. The van der Waals surface area contributed by atoms with Crippen LogP contribution in [-0.4, -0.2) is 17.7 Å². The van der Waals surface area contributed by atoms with Gasteiger partial charge >= 0.3 is 0 Å². The molecular formula is C16H22N2O. The van der Waals surface area contributed by atoms with Gasteiger partial charge in [0.15, 0.2) is 0 Å². The monoisotopic (exact) mass is 258 g/mol. The van der Waals surface area contributed by atoms with Gasteiger partial charge in [-0.1, -0.05) is 13.0 Å². The molecule has 1 heterocycles. The molecule has 0 aromatic heterocycles. The molecule has 1 aliphatic rings. The SMILES string of the molecule is CC1CCN(c2cc(C#N)ccc2[C@@H](C)O)C(C)C1. The predicted octanol–water partition coefficient (Wildman–Crippen LogP) is 3.24. The molecule has 2 unspecified atom stereocenters. The molecule has 0 radical (unpaired) electrons. The Kier molecular flexibility index (Phi) is 4.11. The minimum Gasteiger partial charge on any atom is -0.389 e. The lowest BCUT2D eigenvalue weighted by Gasteiger charge is -2.39. The van der Waals surface area contributed by atoms with Crippen LogP contribution in [0.2, 0.25) is 0 Å². The van der Waals surface area contributed by atoms with Crippen molar-refractivity contribution in [3.05, 3.63) is 29.3 Å². The predicted molar refractivity (Wildman–Crippen MR) is 77.0 cm³/mol. The highest BCUT2D eigenvalue weighted by Gasteiger charge is 2.25. The second-order valence-electron chi connectivity index (χ2n) is 5.73. The number of nitrogens with zero attached hydrogens (tertiary/aromatic N) is 2. The number of piperidine rings is 1. The van der Waals surface area contributed by atoms with Crippen LogP contribution in [0.15, 0.2) is 18.2 Å². The number of hydrogen-bond donors (Lipinski definition) is 1. The Morgan fingerprint density at radius 1 is 1.42 bits per heavy atom. The number of anilines is 1. The van der Waals surface area contributed by atoms with Crippen molar-refractivity contribution >= 4 is 5.69 Å². The maximum absolute atomic E-state index is 9.93. The van der Waals surface area contributed by atoms with Crippen LogP contribution in [0.4, 0.5) is 5.69 Å². The zero-order valence-electron chi connectivity index (χ0n) is 11.9. The van der Waals surface area contributed by atoms with Crippen LogP contribution in [-0.2, 0) is 0 Å². The first kappa shape index (κ1) is 13.9. The van der Waals surface area contributed by atoms with Crippen molar-refractivity contribution in [2.45, 2.75) is 45.8 Å². The molecule has 0 amide bonds. The van der Waals surface area contributed by atoms with E-state index in [1.165, 1.54) is 6.42 Å². The molecule has 1 aliphatic heterocycles. The van der Waals surface area contributed by atoms with Crippen LogP contribution in [0.25, 0.3) is 0 Å². The highest BCUT2D eigenvalue weighted by atomic mass is 16.3. The third-order valence-corrected chi connectivity index (χ3v) is 4.06.